The second-order valence-electron chi connectivity index (χ2n) is 5.83. The Morgan fingerprint density at radius 3 is 2.32 bits per heavy atom. The van der Waals surface area contributed by atoms with Gasteiger partial charge in [0, 0.05) is 25.2 Å². The maximum Gasteiger partial charge on any atom is 0.103 e. The van der Waals surface area contributed by atoms with E-state index in [1.165, 1.54) is 36.3 Å². The molecule has 0 spiro atoms. The number of benzene rings is 2. The van der Waals surface area contributed by atoms with E-state index in [0.717, 1.165) is 25.9 Å². The number of para-hydroxylation sites is 1. The molecule has 0 atom stereocenters. The Balaban J connectivity index is 1.78. The molecule has 0 radical (unpaired) electrons. The van der Waals surface area contributed by atoms with Crippen LogP contribution in [0.25, 0.3) is 0 Å². The molecule has 1 heterocycles. The Bertz CT molecular complexity index is 590. The molecule has 0 unspecified atom stereocenters. The van der Waals surface area contributed by atoms with Gasteiger partial charge in [-0.05, 0) is 37.0 Å². The molecule has 0 bridgehead atoms. The number of rotatable bonds is 4. The SMILES string of the molecule is c1ccc(CCN(C2=NCCCCC2)c2ccccc2)cc1. The van der Waals surface area contributed by atoms with Crippen LogP contribution in [0, 0.1) is 0 Å². The molecule has 0 amide bonds. The maximum absolute atomic E-state index is 4.85. The van der Waals surface area contributed by atoms with Crippen LogP contribution in [0.1, 0.15) is 31.2 Å². The van der Waals surface area contributed by atoms with Crippen LogP contribution in [0.15, 0.2) is 65.7 Å². The Morgan fingerprint density at radius 2 is 1.55 bits per heavy atom. The van der Waals surface area contributed by atoms with Crippen molar-refractivity contribution >= 4 is 11.5 Å². The third-order valence-electron chi connectivity index (χ3n) is 4.20. The van der Waals surface area contributed by atoms with Gasteiger partial charge in [0.05, 0.1) is 0 Å². The molecular weight excluding hydrogens is 268 g/mol. The lowest BCUT2D eigenvalue weighted by molar-refractivity contribution is 0.730. The van der Waals surface area contributed by atoms with E-state index in [4.69, 9.17) is 4.99 Å². The highest BCUT2D eigenvalue weighted by Crippen LogP contribution is 2.19. The monoisotopic (exact) mass is 292 g/mol. The second kappa shape index (κ2) is 7.79. The van der Waals surface area contributed by atoms with Crippen molar-refractivity contribution in [2.75, 3.05) is 18.0 Å². The summed E-state index contributed by atoms with van der Waals surface area (Å²) >= 11 is 0. The van der Waals surface area contributed by atoms with Crippen LogP contribution in [0.3, 0.4) is 0 Å². The first-order valence-corrected chi connectivity index (χ1v) is 8.33. The first-order valence-electron chi connectivity index (χ1n) is 8.33. The van der Waals surface area contributed by atoms with E-state index in [2.05, 4.69) is 65.6 Å². The maximum atomic E-state index is 4.85. The van der Waals surface area contributed by atoms with Gasteiger partial charge in [0.2, 0.25) is 0 Å². The second-order valence-corrected chi connectivity index (χ2v) is 5.83. The van der Waals surface area contributed by atoms with Crippen LogP contribution in [0.2, 0.25) is 0 Å². The molecule has 0 fully saturated rings. The highest BCUT2D eigenvalue weighted by molar-refractivity contribution is 5.97. The summed E-state index contributed by atoms with van der Waals surface area (Å²) in [7, 11) is 0. The Kier molecular flexibility index (Phi) is 5.25. The van der Waals surface area contributed by atoms with E-state index in [9.17, 15) is 0 Å². The van der Waals surface area contributed by atoms with Gasteiger partial charge in [0.1, 0.15) is 5.84 Å². The largest absolute Gasteiger partial charge is 0.330 e. The van der Waals surface area contributed by atoms with E-state index in [1.807, 2.05) is 0 Å². The number of hydrogen-bond acceptors (Lipinski definition) is 2. The molecule has 0 saturated heterocycles. The molecule has 1 aliphatic rings. The predicted molar refractivity (Wildman–Crippen MR) is 94.7 cm³/mol. The first kappa shape index (κ1) is 14.8. The van der Waals surface area contributed by atoms with Gasteiger partial charge >= 0.3 is 0 Å². The van der Waals surface area contributed by atoms with Crippen molar-refractivity contribution in [3.8, 4) is 0 Å². The van der Waals surface area contributed by atoms with E-state index < -0.39 is 0 Å². The number of aliphatic imine (C=N–C) groups is 1. The first-order chi connectivity index (χ1) is 10.9. The summed E-state index contributed by atoms with van der Waals surface area (Å²) in [5.41, 5.74) is 2.65. The van der Waals surface area contributed by atoms with Gasteiger partial charge in [-0.15, -0.1) is 0 Å². The van der Waals surface area contributed by atoms with Crippen LogP contribution in [-0.4, -0.2) is 18.9 Å². The van der Waals surface area contributed by atoms with Crippen molar-refractivity contribution in [1.82, 2.24) is 0 Å². The van der Waals surface area contributed by atoms with Gasteiger partial charge in [-0.1, -0.05) is 55.0 Å². The Morgan fingerprint density at radius 1 is 0.818 bits per heavy atom. The van der Waals surface area contributed by atoms with Gasteiger partial charge in [0.15, 0.2) is 0 Å². The molecule has 114 valence electrons. The molecule has 2 heteroatoms. The van der Waals surface area contributed by atoms with E-state index >= 15 is 0 Å². The van der Waals surface area contributed by atoms with Gasteiger partial charge in [-0.2, -0.15) is 0 Å². The minimum Gasteiger partial charge on any atom is -0.330 e. The molecule has 3 rings (SSSR count). The molecular formula is C20H24N2. The van der Waals surface area contributed by atoms with Crippen LogP contribution >= 0.6 is 0 Å². The van der Waals surface area contributed by atoms with E-state index in [0.29, 0.717) is 0 Å². The Labute approximate surface area is 133 Å². The molecule has 0 saturated carbocycles. The van der Waals surface area contributed by atoms with Crippen LogP contribution in [0.5, 0.6) is 0 Å². The molecule has 0 N–H and O–H groups in total. The lowest BCUT2D eigenvalue weighted by Gasteiger charge is -2.26. The summed E-state index contributed by atoms with van der Waals surface area (Å²) in [6.45, 7) is 1.97. The highest BCUT2D eigenvalue weighted by Gasteiger charge is 2.15. The minimum absolute atomic E-state index is 0.976. The fourth-order valence-electron chi connectivity index (χ4n) is 2.98. The van der Waals surface area contributed by atoms with E-state index in [1.54, 1.807) is 0 Å². The Hall–Kier alpha value is -2.09. The summed E-state index contributed by atoms with van der Waals surface area (Å²) < 4.78 is 0. The zero-order valence-electron chi connectivity index (χ0n) is 13.1. The van der Waals surface area contributed by atoms with Crippen LogP contribution < -0.4 is 4.90 Å². The summed E-state index contributed by atoms with van der Waals surface area (Å²) in [6, 6.07) is 21.4. The topological polar surface area (TPSA) is 15.6 Å². The molecule has 0 aliphatic carbocycles. The predicted octanol–water partition coefficient (Wildman–Crippen LogP) is 4.71. The molecule has 22 heavy (non-hydrogen) atoms. The molecule has 0 aromatic heterocycles. The molecule has 2 nitrogen and oxygen atoms in total. The fourth-order valence-corrected chi connectivity index (χ4v) is 2.98. The third kappa shape index (κ3) is 3.97. The van der Waals surface area contributed by atoms with Gasteiger partial charge < -0.3 is 4.90 Å². The highest BCUT2D eigenvalue weighted by atomic mass is 15.2. The zero-order valence-corrected chi connectivity index (χ0v) is 13.1. The van der Waals surface area contributed by atoms with Gasteiger partial charge in [-0.3, -0.25) is 4.99 Å². The molecule has 2 aromatic rings. The summed E-state index contributed by atoms with van der Waals surface area (Å²) in [4.78, 5) is 7.27. The normalized spacial score (nSPS) is 15.0. The number of hydrogen-bond donors (Lipinski definition) is 0. The summed E-state index contributed by atoms with van der Waals surface area (Å²) in [5.74, 6) is 1.26. The van der Waals surface area contributed by atoms with Crippen LogP contribution in [-0.2, 0) is 6.42 Å². The van der Waals surface area contributed by atoms with Crippen molar-refractivity contribution in [3.63, 3.8) is 0 Å². The van der Waals surface area contributed by atoms with Crippen molar-refractivity contribution in [1.29, 1.82) is 0 Å². The number of amidine groups is 1. The number of nitrogens with zero attached hydrogens (tertiary/aromatic N) is 2. The molecule has 1 aliphatic heterocycles. The molecule has 2 aromatic carbocycles. The van der Waals surface area contributed by atoms with Gasteiger partial charge in [-0.25, -0.2) is 0 Å². The van der Waals surface area contributed by atoms with Crippen LogP contribution in [0.4, 0.5) is 5.69 Å². The average Bonchev–Trinajstić information content (AvgIpc) is 2.86. The van der Waals surface area contributed by atoms with Crippen molar-refractivity contribution in [3.05, 3.63) is 66.2 Å². The lowest BCUT2D eigenvalue weighted by Crippen LogP contribution is -2.33. The lowest BCUT2D eigenvalue weighted by atomic mass is 10.1. The zero-order chi connectivity index (χ0) is 15.0. The average molecular weight is 292 g/mol. The van der Waals surface area contributed by atoms with Crippen molar-refractivity contribution in [2.24, 2.45) is 4.99 Å². The van der Waals surface area contributed by atoms with E-state index in [-0.39, 0.29) is 0 Å². The number of anilines is 1. The van der Waals surface area contributed by atoms with Gasteiger partial charge in [0.25, 0.3) is 0 Å². The van der Waals surface area contributed by atoms with Crippen molar-refractivity contribution < 1.29 is 0 Å². The summed E-state index contributed by atoms with van der Waals surface area (Å²) in [5, 5.41) is 0. The standard InChI is InChI=1S/C20H24N2/c1-4-10-18(11-5-1)15-17-22(19-12-6-2-7-13-19)20-14-8-3-9-16-21-20/h1-2,4-7,10-13H,3,8-9,14-17H2. The third-order valence-corrected chi connectivity index (χ3v) is 4.20. The smallest absolute Gasteiger partial charge is 0.103 e. The fraction of sp³-hybridized carbons (Fsp3) is 0.350. The summed E-state index contributed by atoms with van der Waals surface area (Å²) in [6.07, 6.45) is 5.94. The minimum atomic E-state index is 0.976. The van der Waals surface area contributed by atoms with Crippen molar-refractivity contribution in [2.45, 2.75) is 32.1 Å². The quantitative estimate of drug-likeness (QED) is 0.797.